The fraction of sp³-hybridized carbons (Fsp3) is 0.333. The van der Waals surface area contributed by atoms with E-state index in [0.29, 0.717) is 23.9 Å². The summed E-state index contributed by atoms with van der Waals surface area (Å²) in [6.45, 7) is -0.102. The zero-order chi connectivity index (χ0) is 16.7. The van der Waals surface area contributed by atoms with Crippen molar-refractivity contribution in [1.29, 1.82) is 0 Å². The fourth-order valence-corrected chi connectivity index (χ4v) is 1.93. The molecular formula is C15H17N3O5. The Morgan fingerprint density at radius 2 is 2.04 bits per heavy atom. The predicted octanol–water partition coefficient (Wildman–Crippen LogP) is 0.789. The maximum Gasteiger partial charge on any atom is 0.359 e. The number of carbonyl (C=O) groups excluding carboxylic acids is 3. The smallest absolute Gasteiger partial charge is 0.359 e. The van der Waals surface area contributed by atoms with E-state index in [1.165, 1.54) is 7.11 Å². The van der Waals surface area contributed by atoms with Crippen molar-refractivity contribution < 1.29 is 23.9 Å². The molecule has 1 aromatic carbocycles. The topological polar surface area (TPSA) is 110 Å². The van der Waals surface area contributed by atoms with Crippen molar-refractivity contribution >= 4 is 28.7 Å². The first-order valence-electron chi connectivity index (χ1n) is 7.05. The third-order valence-corrected chi connectivity index (χ3v) is 3.11. The third kappa shape index (κ3) is 4.53. The summed E-state index contributed by atoms with van der Waals surface area (Å²) in [6.07, 6.45) is 0.673. The van der Waals surface area contributed by atoms with E-state index in [4.69, 9.17) is 4.74 Å². The van der Waals surface area contributed by atoms with Crippen LogP contribution in [0.4, 0.5) is 0 Å². The van der Waals surface area contributed by atoms with Gasteiger partial charge >= 0.3 is 11.9 Å². The molecule has 0 fully saturated rings. The summed E-state index contributed by atoms with van der Waals surface area (Å²) in [5, 5.41) is 9.80. The van der Waals surface area contributed by atoms with E-state index in [9.17, 15) is 14.4 Å². The highest BCUT2D eigenvalue weighted by Gasteiger charge is 2.16. The molecule has 23 heavy (non-hydrogen) atoms. The van der Waals surface area contributed by atoms with Crippen molar-refractivity contribution in [3.63, 3.8) is 0 Å². The van der Waals surface area contributed by atoms with E-state index in [1.807, 2.05) is 6.07 Å². The first-order chi connectivity index (χ1) is 11.1. The Morgan fingerprint density at radius 1 is 1.26 bits per heavy atom. The minimum atomic E-state index is -0.674. The van der Waals surface area contributed by atoms with Gasteiger partial charge in [-0.1, -0.05) is 18.2 Å². The number of H-pyrrole nitrogens is 1. The number of rotatable bonds is 7. The number of fused-ring (bicyclic) bond motifs is 1. The molecule has 0 radical (unpaired) electrons. The number of nitrogens with one attached hydrogen (secondary N) is 2. The molecule has 0 bridgehead atoms. The minimum Gasteiger partial charge on any atom is -0.469 e. The second-order valence-electron chi connectivity index (χ2n) is 4.72. The number of amides is 1. The monoisotopic (exact) mass is 319 g/mol. The molecule has 0 spiro atoms. The van der Waals surface area contributed by atoms with Gasteiger partial charge in [0.2, 0.25) is 0 Å². The van der Waals surface area contributed by atoms with Crippen molar-refractivity contribution in [3.05, 3.63) is 30.0 Å². The second-order valence-corrected chi connectivity index (χ2v) is 4.72. The van der Waals surface area contributed by atoms with Crippen LogP contribution in [-0.2, 0) is 19.1 Å². The number of carbonyl (C=O) groups is 3. The molecular weight excluding hydrogens is 302 g/mol. The van der Waals surface area contributed by atoms with Crippen molar-refractivity contribution in [2.45, 2.75) is 12.8 Å². The first kappa shape index (κ1) is 16.5. The number of methoxy groups -OCH3 is 1. The lowest BCUT2D eigenvalue weighted by atomic mass is 10.2. The number of benzene rings is 1. The Kier molecular flexibility index (Phi) is 5.67. The molecule has 2 rings (SSSR count). The molecule has 122 valence electrons. The first-order valence-corrected chi connectivity index (χ1v) is 7.05. The zero-order valence-corrected chi connectivity index (χ0v) is 12.6. The molecule has 0 atom stereocenters. The fourth-order valence-electron chi connectivity index (χ4n) is 1.93. The van der Waals surface area contributed by atoms with Crippen LogP contribution in [0, 0.1) is 0 Å². The summed E-state index contributed by atoms with van der Waals surface area (Å²) in [5.41, 5.74) is 0.853. The number of ether oxygens (including phenoxy) is 2. The number of aromatic nitrogens is 2. The molecule has 0 aliphatic rings. The molecule has 0 aliphatic carbocycles. The largest absolute Gasteiger partial charge is 0.469 e. The summed E-state index contributed by atoms with van der Waals surface area (Å²) in [4.78, 5) is 34.4. The third-order valence-electron chi connectivity index (χ3n) is 3.11. The average Bonchev–Trinajstić information content (AvgIpc) is 3.00. The molecule has 1 amide bonds. The molecule has 1 heterocycles. The van der Waals surface area contributed by atoms with Gasteiger partial charge in [-0.05, 0) is 12.5 Å². The van der Waals surface area contributed by atoms with Crippen LogP contribution in [0.1, 0.15) is 23.3 Å². The average molecular weight is 319 g/mol. The Hall–Kier alpha value is -2.90. The van der Waals surface area contributed by atoms with Crippen molar-refractivity contribution in [1.82, 2.24) is 15.5 Å². The maximum atomic E-state index is 11.9. The van der Waals surface area contributed by atoms with Gasteiger partial charge in [-0.25, -0.2) is 4.79 Å². The number of hydrogen-bond donors (Lipinski definition) is 2. The molecule has 8 heteroatoms. The van der Waals surface area contributed by atoms with Crippen molar-refractivity contribution in [2.75, 3.05) is 20.3 Å². The number of aromatic amines is 1. The highest BCUT2D eigenvalue weighted by Crippen LogP contribution is 2.15. The lowest BCUT2D eigenvalue weighted by Gasteiger charge is -2.05. The minimum absolute atomic E-state index is 0.138. The quantitative estimate of drug-likeness (QED) is 0.576. The van der Waals surface area contributed by atoms with Gasteiger partial charge in [-0.15, -0.1) is 0 Å². The van der Waals surface area contributed by atoms with Crippen molar-refractivity contribution in [3.8, 4) is 0 Å². The molecule has 0 saturated heterocycles. The number of para-hydroxylation sites is 1. The van der Waals surface area contributed by atoms with E-state index >= 15 is 0 Å². The summed E-state index contributed by atoms with van der Waals surface area (Å²) >= 11 is 0. The summed E-state index contributed by atoms with van der Waals surface area (Å²) < 4.78 is 9.41. The Balaban J connectivity index is 1.76. The van der Waals surface area contributed by atoms with Crippen LogP contribution in [0.25, 0.3) is 10.9 Å². The summed E-state index contributed by atoms with van der Waals surface area (Å²) in [5.74, 6) is -1.45. The van der Waals surface area contributed by atoms with E-state index < -0.39 is 18.5 Å². The number of esters is 2. The lowest BCUT2D eigenvalue weighted by molar-refractivity contribution is -0.140. The maximum absolute atomic E-state index is 11.9. The van der Waals surface area contributed by atoms with E-state index in [1.54, 1.807) is 18.2 Å². The Morgan fingerprint density at radius 3 is 2.83 bits per heavy atom. The Labute approximate surface area is 132 Å². The van der Waals surface area contributed by atoms with Crippen LogP contribution in [-0.4, -0.2) is 48.3 Å². The highest BCUT2D eigenvalue weighted by molar-refractivity contribution is 6.02. The molecule has 8 nitrogen and oxygen atoms in total. The summed E-state index contributed by atoms with van der Waals surface area (Å²) in [6, 6.07) is 7.12. The number of nitrogens with zero attached hydrogens (tertiary/aromatic N) is 1. The Bertz CT molecular complexity index is 710. The van der Waals surface area contributed by atoms with Crippen LogP contribution < -0.4 is 5.32 Å². The molecule has 0 aliphatic heterocycles. The van der Waals surface area contributed by atoms with Crippen molar-refractivity contribution in [2.24, 2.45) is 0 Å². The SMILES string of the molecule is COC(=O)CCCNC(=O)COC(=O)c1n[nH]c2ccccc12. The molecule has 0 saturated carbocycles. The normalized spacial score (nSPS) is 10.3. The van der Waals surface area contributed by atoms with Crippen LogP contribution in [0.3, 0.4) is 0 Å². The van der Waals surface area contributed by atoms with Gasteiger partial charge in [0.1, 0.15) is 0 Å². The van der Waals surface area contributed by atoms with Crippen LogP contribution in [0.15, 0.2) is 24.3 Å². The van der Waals surface area contributed by atoms with E-state index in [-0.39, 0.29) is 18.1 Å². The van der Waals surface area contributed by atoms with Gasteiger partial charge in [-0.2, -0.15) is 5.10 Å². The van der Waals surface area contributed by atoms with Gasteiger partial charge in [0.15, 0.2) is 12.3 Å². The predicted molar refractivity (Wildman–Crippen MR) is 80.6 cm³/mol. The van der Waals surface area contributed by atoms with Crippen LogP contribution >= 0.6 is 0 Å². The standard InChI is InChI=1S/C15H17N3O5/c1-22-13(20)7-4-8-16-12(19)9-23-15(21)14-10-5-2-3-6-11(10)17-18-14/h2-3,5-6H,4,7-9H2,1H3,(H,16,19)(H,17,18). The molecule has 2 aromatic rings. The highest BCUT2D eigenvalue weighted by atomic mass is 16.5. The van der Waals surface area contributed by atoms with Gasteiger partial charge < -0.3 is 14.8 Å². The summed E-state index contributed by atoms with van der Waals surface area (Å²) in [7, 11) is 1.30. The van der Waals surface area contributed by atoms with Gasteiger partial charge in [0.25, 0.3) is 5.91 Å². The molecule has 1 aromatic heterocycles. The van der Waals surface area contributed by atoms with Crippen LogP contribution in [0.2, 0.25) is 0 Å². The van der Waals surface area contributed by atoms with Crippen LogP contribution in [0.5, 0.6) is 0 Å². The molecule has 2 N–H and O–H groups in total. The van der Waals surface area contributed by atoms with Gasteiger partial charge in [0, 0.05) is 18.4 Å². The van der Waals surface area contributed by atoms with Gasteiger partial charge in [-0.3, -0.25) is 14.7 Å². The second kappa shape index (κ2) is 7.92. The lowest BCUT2D eigenvalue weighted by Crippen LogP contribution is -2.30. The molecule has 0 unspecified atom stereocenters. The van der Waals surface area contributed by atoms with E-state index in [0.717, 1.165) is 0 Å². The van der Waals surface area contributed by atoms with E-state index in [2.05, 4.69) is 20.3 Å². The van der Waals surface area contributed by atoms with Gasteiger partial charge in [0.05, 0.1) is 12.6 Å². The zero-order valence-electron chi connectivity index (χ0n) is 12.6. The number of hydrogen-bond acceptors (Lipinski definition) is 6.